The molecule has 25 heavy (non-hydrogen) atoms. The summed E-state index contributed by atoms with van der Waals surface area (Å²) in [5.74, 6) is 0.186. The summed E-state index contributed by atoms with van der Waals surface area (Å²) in [7, 11) is 0. The molecular formula is C23H19NO. The van der Waals surface area contributed by atoms with Gasteiger partial charge in [-0.15, -0.1) is 0 Å². The number of fused-ring (bicyclic) bond motifs is 2. The molecule has 0 radical (unpaired) electrons. The van der Waals surface area contributed by atoms with Gasteiger partial charge in [-0.05, 0) is 47.2 Å². The Morgan fingerprint density at radius 2 is 1.60 bits per heavy atom. The van der Waals surface area contributed by atoms with Crippen molar-refractivity contribution in [2.24, 2.45) is 0 Å². The molecule has 0 fully saturated rings. The van der Waals surface area contributed by atoms with Gasteiger partial charge in [0.15, 0.2) is 0 Å². The van der Waals surface area contributed by atoms with E-state index in [1.165, 1.54) is 16.7 Å². The second-order valence-corrected chi connectivity index (χ2v) is 7.15. The molecule has 0 aromatic heterocycles. The minimum Gasteiger partial charge on any atom is -0.307 e. The third-order valence-electron chi connectivity index (χ3n) is 5.71. The third kappa shape index (κ3) is 1.88. The lowest BCUT2D eigenvalue weighted by molar-refractivity contribution is -0.121. The average Bonchev–Trinajstić information content (AvgIpc) is 2.87. The first-order valence-electron chi connectivity index (χ1n) is 8.76. The smallest absolute Gasteiger partial charge is 0.242 e. The van der Waals surface area contributed by atoms with Crippen LogP contribution in [0.25, 0.3) is 0 Å². The van der Waals surface area contributed by atoms with Crippen molar-refractivity contribution in [1.82, 2.24) is 0 Å². The van der Waals surface area contributed by atoms with Crippen molar-refractivity contribution in [1.29, 1.82) is 0 Å². The third-order valence-corrected chi connectivity index (χ3v) is 5.71. The summed E-state index contributed by atoms with van der Waals surface area (Å²) in [6.45, 7) is 2.72. The van der Waals surface area contributed by atoms with Crippen LogP contribution in [0.1, 0.15) is 34.7 Å². The second kappa shape index (κ2) is 5.06. The number of carbonyl (C=O) groups excluding carboxylic acids is 1. The Bertz CT molecular complexity index is 992. The number of amides is 1. The summed E-state index contributed by atoms with van der Waals surface area (Å²) >= 11 is 0. The van der Waals surface area contributed by atoms with Crippen LogP contribution in [-0.2, 0) is 23.2 Å². The molecule has 3 aromatic rings. The Kier molecular flexibility index (Phi) is 2.93. The lowest BCUT2D eigenvalue weighted by Crippen LogP contribution is -2.40. The molecule has 1 atom stereocenters. The lowest BCUT2D eigenvalue weighted by Gasteiger charge is -2.32. The highest BCUT2D eigenvalue weighted by Gasteiger charge is 2.52. The van der Waals surface area contributed by atoms with Crippen molar-refractivity contribution in [3.8, 4) is 0 Å². The summed E-state index contributed by atoms with van der Waals surface area (Å²) in [5, 5.41) is 0. The van der Waals surface area contributed by atoms with Crippen molar-refractivity contribution in [2.45, 2.75) is 25.3 Å². The molecule has 1 amide bonds. The fraction of sp³-hybridized carbons (Fsp3) is 0.174. The zero-order valence-corrected chi connectivity index (χ0v) is 14.2. The van der Waals surface area contributed by atoms with E-state index in [1.807, 2.05) is 29.2 Å². The van der Waals surface area contributed by atoms with E-state index in [9.17, 15) is 4.79 Å². The molecule has 0 saturated heterocycles. The van der Waals surface area contributed by atoms with E-state index in [2.05, 4.69) is 55.5 Å². The SMILES string of the molecule is CC12C(=O)N(Cc3ccccc3)c3cccc(c31)Cc1ccccc12. The maximum Gasteiger partial charge on any atom is 0.242 e. The van der Waals surface area contributed by atoms with Gasteiger partial charge < -0.3 is 4.90 Å². The van der Waals surface area contributed by atoms with Gasteiger partial charge in [-0.25, -0.2) is 0 Å². The number of carbonyl (C=O) groups is 1. The number of anilines is 1. The van der Waals surface area contributed by atoms with Gasteiger partial charge in [-0.1, -0.05) is 66.7 Å². The largest absolute Gasteiger partial charge is 0.307 e. The van der Waals surface area contributed by atoms with E-state index in [-0.39, 0.29) is 5.91 Å². The van der Waals surface area contributed by atoms with Crippen molar-refractivity contribution in [3.05, 3.63) is 101 Å². The van der Waals surface area contributed by atoms with Crippen LogP contribution in [0.3, 0.4) is 0 Å². The molecule has 1 aliphatic carbocycles. The van der Waals surface area contributed by atoms with Crippen LogP contribution in [0.2, 0.25) is 0 Å². The predicted molar refractivity (Wildman–Crippen MR) is 99.8 cm³/mol. The van der Waals surface area contributed by atoms with Gasteiger partial charge in [0.1, 0.15) is 0 Å². The summed E-state index contributed by atoms with van der Waals surface area (Å²) in [6, 6.07) is 25.0. The molecule has 1 unspecified atom stereocenters. The molecule has 122 valence electrons. The highest BCUT2D eigenvalue weighted by Crippen LogP contribution is 2.52. The molecule has 2 heteroatoms. The number of hydrogen-bond acceptors (Lipinski definition) is 1. The standard InChI is InChI=1S/C23H19NO/c1-23-19-12-6-5-10-17(19)14-18-11-7-13-20(21(18)23)24(22(23)25)15-16-8-3-2-4-9-16/h2-13H,14-15H2,1H3. The van der Waals surface area contributed by atoms with Gasteiger partial charge in [-0.2, -0.15) is 0 Å². The van der Waals surface area contributed by atoms with Gasteiger partial charge in [-0.3, -0.25) is 4.79 Å². The minimum atomic E-state index is -0.574. The van der Waals surface area contributed by atoms with Crippen LogP contribution in [0.5, 0.6) is 0 Å². The molecular weight excluding hydrogens is 306 g/mol. The Hall–Kier alpha value is -2.87. The zero-order chi connectivity index (χ0) is 17.0. The van der Waals surface area contributed by atoms with E-state index in [0.717, 1.165) is 23.2 Å². The lowest BCUT2D eigenvalue weighted by atomic mass is 9.68. The van der Waals surface area contributed by atoms with Crippen molar-refractivity contribution in [2.75, 3.05) is 4.90 Å². The van der Waals surface area contributed by atoms with E-state index in [4.69, 9.17) is 0 Å². The first-order valence-corrected chi connectivity index (χ1v) is 8.76. The van der Waals surface area contributed by atoms with Crippen molar-refractivity contribution >= 4 is 11.6 Å². The maximum absolute atomic E-state index is 13.6. The van der Waals surface area contributed by atoms with Gasteiger partial charge >= 0.3 is 0 Å². The van der Waals surface area contributed by atoms with Gasteiger partial charge in [0, 0.05) is 5.69 Å². The van der Waals surface area contributed by atoms with Crippen LogP contribution in [-0.4, -0.2) is 5.91 Å². The van der Waals surface area contributed by atoms with Crippen molar-refractivity contribution in [3.63, 3.8) is 0 Å². The number of nitrogens with zero attached hydrogens (tertiary/aromatic N) is 1. The molecule has 0 bridgehead atoms. The quantitative estimate of drug-likeness (QED) is 0.682. The van der Waals surface area contributed by atoms with Crippen LogP contribution in [0.15, 0.2) is 72.8 Å². The molecule has 3 aromatic carbocycles. The van der Waals surface area contributed by atoms with Gasteiger partial charge in [0.25, 0.3) is 0 Å². The molecule has 2 nitrogen and oxygen atoms in total. The molecule has 5 rings (SSSR count). The molecule has 0 saturated carbocycles. The Morgan fingerprint density at radius 3 is 2.44 bits per heavy atom. The Balaban J connectivity index is 1.71. The highest BCUT2D eigenvalue weighted by molar-refractivity contribution is 6.11. The van der Waals surface area contributed by atoms with E-state index in [1.54, 1.807) is 0 Å². The number of hydrogen-bond donors (Lipinski definition) is 0. The van der Waals surface area contributed by atoms with E-state index in [0.29, 0.717) is 6.54 Å². The van der Waals surface area contributed by atoms with E-state index < -0.39 is 5.41 Å². The first-order chi connectivity index (χ1) is 12.2. The normalized spacial score (nSPS) is 20.4. The second-order valence-electron chi connectivity index (χ2n) is 7.15. The first kappa shape index (κ1) is 14.5. The minimum absolute atomic E-state index is 0.186. The maximum atomic E-state index is 13.6. The average molecular weight is 325 g/mol. The van der Waals surface area contributed by atoms with Crippen LogP contribution in [0.4, 0.5) is 5.69 Å². The summed E-state index contributed by atoms with van der Waals surface area (Å²) in [4.78, 5) is 15.6. The molecule has 2 aliphatic rings. The van der Waals surface area contributed by atoms with Gasteiger partial charge in [0.2, 0.25) is 5.91 Å². The molecule has 1 aliphatic heterocycles. The monoisotopic (exact) mass is 325 g/mol. The van der Waals surface area contributed by atoms with Crippen molar-refractivity contribution < 1.29 is 4.79 Å². The van der Waals surface area contributed by atoms with Crippen LogP contribution < -0.4 is 4.90 Å². The number of benzene rings is 3. The topological polar surface area (TPSA) is 20.3 Å². The van der Waals surface area contributed by atoms with Crippen LogP contribution in [0, 0.1) is 0 Å². The predicted octanol–water partition coefficient (Wildman–Crippen LogP) is 4.44. The van der Waals surface area contributed by atoms with Crippen LogP contribution >= 0.6 is 0 Å². The summed E-state index contributed by atoms with van der Waals surface area (Å²) in [6.07, 6.45) is 0.904. The zero-order valence-electron chi connectivity index (χ0n) is 14.2. The fourth-order valence-corrected chi connectivity index (χ4v) is 4.56. The summed E-state index contributed by atoms with van der Waals surface area (Å²) < 4.78 is 0. The van der Waals surface area contributed by atoms with E-state index >= 15 is 0 Å². The molecule has 0 spiro atoms. The Morgan fingerprint density at radius 1 is 0.880 bits per heavy atom. The van der Waals surface area contributed by atoms with Gasteiger partial charge in [0.05, 0.1) is 12.0 Å². The fourth-order valence-electron chi connectivity index (χ4n) is 4.56. The Labute approximate surface area is 147 Å². The molecule has 1 heterocycles. The number of rotatable bonds is 2. The molecule has 0 N–H and O–H groups in total. The summed E-state index contributed by atoms with van der Waals surface area (Å²) in [5.41, 5.74) is 6.57. The highest BCUT2D eigenvalue weighted by atomic mass is 16.2.